The van der Waals surface area contributed by atoms with Crippen LogP contribution >= 0.6 is 0 Å². The lowest BCUT2D eigenvalue weighted by molar-refractivity contribution is 0.153. The summed E-state index contributed by atoms with van der Waals surface area (Å²) < 4.78 is 0. The Hall–Kier alpha value is -1.64. The summed E-state index contributed by atoms with van der Waals surface area (Å²) in [5.41, 5.74) is 9.22. The van der Waals surface area contributed by atoms with Crippen LogP contribution in [0.1, 0.15) is 17.5 Å². The molecule has 3 rings (SSSR count). The smallest absolute Gasteiger partial charge is 0.0234 e. The highest BCUT2D eigenvalue weighted by Gasteiger charge is 2.26. The maximum atomic E-state index is 6.43. The van der Waals surface area contributed by atoms with Crippen LogP contribution in [0.2, 0.25) is 0 Å². The second-order valence-corrected chi connectivity index (χ2v) is 6.12. The molecule has 1 aliphatic heterocycles. The lowest BCUT2D eigenvalue weighted by atomic mass is 9.86. The molecule has 0 radical (unpaired) electrons. The highest BCUT2D eigenvalue weighted by molar-refractivity contribution is 5.17. The van der Waals surface area contributed by atoms with Gasteiger partial charge in [-0.15, -0.1) is 0 Å². The minimum absolute atomic E-state index is 0.280. The molecule has 0 saturated carbocycles. The fourth-order valence-corrected chi connectivity index (χ4v) is 3.26. The Morgan fingerprint density at radius 1 is 0.905 bits per heavy atom. The number of hydrogen-bond donors (Lipinski definition) is 1. The Labute approximate surface area is 127 Å². The van der Waals surface area contributed by atoms with Crippen molar-refractivity contribution in [1.82, 2.24) is 4.90 Å². The summed E-state index contributed by atoms with van der Waals surface area (Å²) in [4.78, 5) is 2.49. The van der Waals surface area contributed by atoms with E-state index < -0.39 is 0 Å². The molecule has 2 aromatic carbocycles. The van der Waals surface area contributed by atoms with E-state index in [0.29, 0.717) is 5.92 Å². The molecule has 2 heteroatoms. The summed E-state index contributed by atoms with van der Waals surface area (Å²) in [5, 5.41) is 0. The molecular formula is C19H24N2. The molecule has 1 aliphatic rings. The molecule has 2 aromatic rings. The van der Waals surface area contributed by atoms with E-state index in [0.717, 1.165) is 26.1 Å². The van der Waals surface area contributed by atoms with Crippen molar-refractivity contribution in [3.63, 3.8) is 0 Å². The number of benzene rings is 2. The number of hydrogen-bond acceptors (Lipinski definition) is 2. The summed E-state index contributed by atoms with van der Waals surface area (Å²) >= 11 is 0. The average molecular weight is 280 g/mol. The Bertz CT molecular complexity index is 538. The molecule has 2 N–H and O–H groups in total. The Balaban J connectivity index is 1.54. The molecule has 2 nitrogen and oxygen atoms in total. The molecular weight excluding hydrogens is 256 g/mol. The van der Waals surface area contributed by atoms with Crippen molar-refractivity contribution < 1.29 is 0 Å². The van der Waals surface area contributed by atoms with Crippen LogP contribution in [0.5, 0.6) is 0 Å². The number of nitrogens with two attached hydrogens (primary N) is 1. The molecule has 21 heavy (non-hydrogen) atoms. The largest absolute Gasteiger partial charge is 0.326 e. The van der Waals surface area contributed by atoms with Crippen LogP contribution in [-0.4, -0.2) is 24.0 Å². The summed E-state index contributed by atoms with van der Waals surface area (Å²) in [6.07, 6.45) is 2.31. The van der Waals surface area contributed by atoms with Gasteiger partial charge in [0.1, 0.15) is 0 Å². The second-order valence-electron chi connectivity index (χ2n) is 6.12. The molecule has 2 atom stereocenters. The monoisotopic (exact) mass is 280 g/mol. The predicted octanol–water partition coefficient (Wildman–Crippen LogP) is 3.08. The highest BCUT2D eigenvalue weighted by Crippen LogP contribution is 2.22. The zero-order valence-corrected chi connectivity index (χ0v) is 12.5. The Morgan fingerprint density at radius 2 is 1.52 bits per heavy atom. The molecule has 110 valence electrons. The first-order chi connectivity index (χ1) is 10.3. The first-order valence-corrected chi connectivity index (χ1v) is 7.87. The van der Waals surface area contributed by atoms with Crippen LogP contribution in [0, 0.1) is 5.92 Å². The molecule has 0 aromatic heterocycles. The first kappa shape index (κ1) is 14.3. The van der Waals surface area contributed by atoms with Gasteiger partial charge in [-0.05, 0) is 36.4 Å². The Morgan fingerprint density at radius 3 is 2.14 bits per heavy atom. The number of likely N-dealkylation sites (tertiary alicyclic amines) is 1. The number of nitrogens with zero attached hydrogens (tertiary/aromatic N) is 1. The topological polar surface area (TPSA) is 29.3 Å². The maximum absolute atomic E-state index is 6.43. The fraction of sp³-hybridized carbons (Fsp3) is 0.368. The molecule has 1 heterocycles. The van der Waals surface area contributed by atoms with Gasteiger partial charge in [0, 0.05) is 19.1 Å². The maximum Gasteiger partial charge on any atom is 0.0234 e. The van der Waals surface area contributed by atoms with Crippen LogP contribution in [0.15, 0.2) is 60.7 Å². The summed E-state index contributed by atoms with van der Waals surface area (Å²) in [5.74, 6) is 0.611. The Kier molecular flexibility index (Phi) is 4.69. The summed E-state index contributed by atoms with van der Waals surface area (Å²) in [6.45, 7) is 3.18. The van der Waals surface area contributed by atoms with E-state index >= 15 is 0 Å². The van der Waals surface area contributed by atoms with Gasteiger partial charge in [-0.1, -0.05) is 60.7 Å². The van der Waals surface area contributed by atoms with E-state index in [4.69, 9.17) is 5.73 Å². The third kappa shape index (κ3) is 3.93. The van der Waals surface area contributed by atoms with Gasteiger partial charge >= 0.3 is 0 Å². The minimum Gasteiger partial charge on any atom is -0.326 e. The van der Waals surface area contributed by atoms with Gasteiger partial charge in [0.25, 0.3) is 0 Å². The van der Waals surface area contributed by atoms with E-state index in [-0.39, 0.29) is 6.04 Å². The standard InChI is InChI=1S/C19H24N2/c20-19-15-21(14-17-9-5-2-6-10-17)12-11-18(19)13-16-7-3-1-4-8-16/h1-10,18-19H,11-15,20H2/t18-,19-/m0/s1. The summed E-state index contributed by atoms with van der Waals surface area (Å²) in [7, 11) is 0. The normalized spacial score (nSPS) is 23.1. The molecule has 0 amide bonds. The van der Waals surface area contributed by atoms with Gasteiger partial charge < -0.3 is 5.73 Å². The summed E-state index contributed by atoms with van der Waals surface area (Å²) in [6, 6.07) is 21.7. The lowest BCUT2D eigenvalue weighted by Crippen LogP contribution is -2.48. The van der Waals surface area contributed by atoms with E-state index in [2.05, 4.69) is 65.6 Å². The minimum atomic E-state index is 0.280. The average Bonchev–Trinajstić information content (AvgIpc) is 2.52. The van der Waals surface area contributed by atoms with Crippen LogP contribution in [0.3, 0.4) is 0 Å². The van der Waals surface area contributed by atoms with Gasteiger partial charge in [0.2, 0.25) is 0 Å². The van der Waals surface area contributed by atoms with Gasteiger partial charge in [0.15, 0.2) is 0 Å². The molecule has 0 aliphatic carbocycles. The number of piperidine rings is 1. The molecule has 1 saturated heterocycles. The zero-order chi connectivity index (χ0) is 14.5. The van der Waals surface area contributed by atoms with Crippen molar-refractivity contribution in [1.29, 1.82) is 0 Å². The van der Waals surface area contributed by atoms with Gasteiger partial charge in [-0.25, -0.2) is 0 Å². The SMILES string of the molecule is N[C@H]1CN(Cc2ccccc2)CC[C@H]1Cc1ccccc1. The second kappa shape index (κ2) is 6.88. The molecule has 0 spiro atoms. The lowest BCUT2D eigenvalue weighted by Gasteiger charge is -2.37. The molecule has 0 bridgehead atoms. The van der Waals surface area contributed by atoms with Crippen molar-refractivity contribution in [3.8, 4) is 0 Å². The van der Waals surface area contributed by atoms with Gasteiger partial charge in [-0.3, -0.25) is 4.90 Å². The van der Waals surface area contributed by atoms with Crippen LogP contribution < -0.4 is 5.73 Å². The first-order valence-electron chi connectivity index (χ1n) is 7.87. The van der Waals surface area contributed by atoms with Crippen LogP contribution in [0.4, 0.5) is 0 Å². The van der Waals surface area contributed by atoms with Gasteiger partial charge in [0.05, 0.1) is 0 Å². The van der Waals surface area contributed by atoms with Crippen LogP contribution in [0.25, 0.3) is 0 Å². The predicted molar refractivity (Wildman–Crippen MR) is 87.9 cm³/mol. The zero-order valence-electron chi connectivity index (χ0n) is 12.5. The molecule has 1 fully saturated rings. The van der Waals surface area contributed by atoms with E-state index in [1.165, 1.54) is 17.5 Å². The van der Waals surface area contributed by atoms with E-state index in [9.17, 15) is 0 Å². The van der Waals surface area contributed by atoms with Crippen molar-refractivity contribution in [2.75, 3.05) is 13.1 Å². The number of rotatable bonds is 4. The third-order valence-electron chi connectivity index (χ3n) is 4.48. The van der Waals surface area contributed by atoms with E-state index in [1.807, 2.05) is 0 Å². The van der Waals surface area contributed by atoms with Crippen LogP contribution in [-0.2, 0) is 13.0 Å². The van der Waals surface area contributed by atoms with E-state index in [1.54, 1.807) is 0 Å². The highest BCUT2D eigenvalue weighted by atomic mass is 15.1. The molecule has 0 unspecified atom stereocenters. The van der Waals surface area contributed by atoms with Crippen molar-refractivity contribution in [3.05, 3.63) is 71.8 Å². The third-order valence-corrected chi connectivity index (χ3v) is 4.48. The van der Waals surface area contributed by atoms with Crippen molar-refractivity contribution >= 4 is 0 Å². The van der Waals surface area contributed by atoms with Gasteiger partial charge in [-0.2, -0.15) is 0 Å². The quantitative estimate of drug-likeness (QED) is 0.932. The van der Waals surface area contributed by atoms with Crippen molar-refractivity contribution in [2.45, 2.75) is 25.4 Å². The van der Waals surface area contributed by atoms with Crippen molar-refractivity contribution in [2.24, 2.45) is 11.7 Å². The fourth-order valence-electron chi connectivity index (χ4n) is 3.26.